The summed E-state index contributed by atoms with van der Waals surface area (Å²) < 4.78 is 11.6. The second-order valence-electron chi connectivity index (χ2n) is 7.90. The lowest BCUT2D eigenvalue weighted by molar-refractivity contribution is -0.116. The van der Waals surface area contributed by atoms with Crippen molar-refractivity contribution in [2.45, 2.75) is 6.54 Å². The monoisotopic (exact) mass is 477 g/mol. The Morgan fingerprint density at radius 1 is 1.00 bits per heavy atom. The van der Waals surface area contributed by atoms with E-state index in [0.29, 0.717) is 33.5 Å². The van der Waals surface area contributed by atoms with Crippen molar-refractivity contribution in [1.29, 1.82) is 0 Å². The van der Waals surface area contributed by atoms with E-state index >= 15 is 0 Å². The van der Waals surface area contributed by atoms with Gasteiger partial charge in [-0.05, 0) is 48.5 Å². The molecule has 0 aliphatic heterocycles. The summed E-state index contributed by atoms with van der Waals surface area (Å²) in [6, 6.07) is 21.1. The molecule has 3 aromatic carbocycles. The number of para-hydroxylation sites is 1. The number of ether oxygens (including phenoxy) is 1. The number of nitrogens with zero attached hydrogens (tertiary/aromatic N) is 2. The number of anilines is 1. The van der Waals surface area contributed by atoms with Crippen molar-refractivity contribution in [1.82, 2.24) is 9.55 Å². The number of hydrogen-bond acceptors (Lipinski definition) is 6. The van der Waals surface area contributed by atoms with Crippen LogP contribution in [0.25, 0.3) is 22.1 Å². The SMILES string of the molecule is COC(=O)c1cccc(C#Cc2cccc(NC(=O)Cn3cnc4c(oc5ccccc54)c3=O)c2)c1. The maximum absolute atomic E-state index is 12.8. The van der Waals surface area contributed by atoms with E-state index in [9.17, 15) is 14.4 Å². The molecule has 1 amide bonds. The van der Waals surface area contributed by atoms with E-state index in [-0.39, 0.29) is 12.1 Å². The van der Waals surface area contributed by atoms with Gasteiger partial charge < -0.3 is 14.5 Å². The molecule has 0 saturated heterocycles. The summed E-state index contributed by atoms with van der Waals surface area (Å²) in [6.07, 6.45) is 1.34. The van der Waals surface area contributed by atoms with Crippen LogP contribution < -0.4 is 10.9 Å². The zero-order chi connectivity index (χ0) is 25.1. The summed E-state index contributed by atoms with van der Waals surface area (Å²) in [5.41, 5.74) is 2.97. The van der Waals surface area contributed by atoms with Crippen molar-refractivity contribution in [2.75, 3.05) is 12.4 Å². The molecule has 8 heteroatoms. The zero-order valence-electron chi connectivity index (χ0n) is 19.1. The van der Waals surface area contributed by atoms with Crippen LogP contribution in [-0.2, 0) is 16.1 Å². The molecule has 5 aromatic rings. The maximum atomic E-state index is 12.8. The van der Waals surface area contributed by atoms with Gasteiger partial charge in [0.15, 0.2) is 0 Å². The number of carbonyl (C=O) groups is 2. The average molecular weight is 477 g/mol. The van der Waals surface area contributed by atoms with Gasteiger partial charge in [0.25, 0.3) is 5.56 Å². The van der Waals surface area contributed by atoms with Crippen LogP contribution >= 0.6 is 0 Å². The fourth-order valence-corrected chi connectivity index (χ4v) is 3.74. The Hall–Kier alpha value is -5.16. The van der Waals surface area contributed by atoms with E-state index in [1.807, 2.05) is 18.2 Å². The molecule has 0 radical (unpaired) electrons. The molecule has 0 atom stereocenters. The molecular formula is C28H19N3O5. The minimum absolute atomic E-state index is 0.111. The number of aromatic nitrogens is 2. The number of esters is 1. The first-order valence-corrected chi connectivity index (χ1v) is 11.0. The van der Waals surface area contributed by atoms with Gasteiger partial charge >= 0.3 is 5.97 Å². The van der Waals surface area contributed by atoms with Gasteiger partial charge in [-0.1, -0.05) is 36.1 Å². The lowest BCUT2D eigenvalue weighted by Gasteiger charge is -2.07. The molecule has 0 unspecified atom stereocenters. The average Bonchev–Trinajstić information content (AvgIpc) is 3.28. The van der Waals surface area contributed by atoms with Gasteiger partial charge in [-0.2, -0.15) is 0 Å². The standard InChI is InChI=1S/C28H19N3O5/c1-35-28(34)20-8-4-6-18(14-20)12-13-19-7-5-9-21(15-19)30-24(32)16-31-17-29-25-22-10-2-3-11-23(22)36-26(25)27(31)33/h2-11,14-15,17H,16H2,1H3,(H,30,32). The predicted octanol–water partition coefficient (Wildman–Crippen LogP) is 3.97. The number of rotatable bonds is 4. The van der Waals surface area contributed by atoms with Gasteiger partial charge in [0, 0.05) is 22.2 Å². The first-order chi connectivity index (χ1) is 17.5. The van der Waals surface area contributed by atoms with Gasteiger partial charge in [-0.25, -0.2) is 9.78 Å². The summed E-state index contributed by atoms with van der Waals surface area (Å²) in [5, 5.41) is 3.52. The third-order valence-electron chi connectivity index (χ3n) is 5.45. The Morgan fingerprint density at radius 2 is 1.75 bits per heavy atom. The predicted molar refractivity (Wildman–Crippen MR) is 135 cm³/mol. The number of carbonyl (C=O) groups excluding carboxylic acids is 2. The van der Waals surface area contributed by atoms with Gasteiger partial charge in [-0.15, -0.1) is 0 Å². The van der Waals surface area contributed by atoms with Crippen LogP contribution in [0, 0.1) is 11.8 Å². The second-order valence-corrected chi connectivity index (χ2v) is 7.90. The van der Waals surface area contributed by atoms with E-state index in [1.54, 1.807) is 54.6 Å². The molecular weight excluding hydrogens is 458 g/mol. The first kappa shape index (κ1) is 22.6. The lowest BCUT2D eigenvalue weighted by atomic mass is 10.1. The Balaban J connectivity index is 1.32. The highest BCUT2D eigenvalue weighted by molar-refractivity contribution is 6.01. The van der Waals surface area contributed by atoms with Crippen molar-refractivity contribution >= 4 is 39.6 Å². The molecule has 0 aliphatic rings. The van der Waals surface area contributed by atoms with Gasteiger partial charge in [0.1, 0.15) is 17.6 Å². The Labute approximate surface area is 205 Å². The van der Waals surface area contributed by atoms with Crippen LogP contribution in [0.3, 0.4) is 0 Å². The number of nitrogens with one attached hydrogen (secondary N) is 1. The molecule has 8 nitrogen and oxygen atoms in total. The molecule has 0 saturated carbocycles. The number of amides is 1. The molecule has 176 valence electrons. The Bertz CT molecular complexity index is 1750. The fourth-order valence-electron chi connectivity index (χ4n) is 3.74. The molecule has 0 bridgehead atoms. The normalized spacial score (nSPS) is 10.6. The van der Waals surface area contributed by atoms with E-state index in [4.69, 9.17) is 9.15 Å². The third-order valence-corrected chi connectivity index (χ3v) is 5.45. The quantitative estimate of drug-likeness (QED) is 0.310. The minimum atomic E-state index is -0.433. The van der Waals surface area contributed by atoms with Crippen LogP contribution in [0.15, 0.2) is 88.3 Å². The lowest BCUT2D eigenvalue weighted by Crippen LogP contribution is -2.27. The number of benzene rings is 3. The molecule has 36 heavy (non-hydrogen) atoms. The van der Waals surface area contributed by atoms with Crippen LogP contribution in [-0.4, -0.2) is 28.5 Å². The van der Waals surface area contributed by atoms with Crippen LogP contribution in [0.1, 0.15) is 21.5 Å². The molecule has 2 aromatic heterocycles. The molecule has 0 aliphatic carbocycles. The Morgan fingerprint density at radius 3 is 2.56 bits per heavy atom. The highest BCUT2D eigenvalue weighted by Crippen LogP contribution is 2.24. The van der Waals surface area contributed by atoms with Crippen LogP contribution in [0.4, 0.5) is 5.69 Å². The molecule has 1 N–H and O–H groups in total. The maximum Gasteiger partial charge on any atom is 0.337 e. The zero-order valence-corrected chi connectivity index (χ0v) is 19.1. The summed E-state index contributed by atoms with van der Waals surface area (Å²) >= 11 is 0. The summed E-state index contributed by atoms with van der Waals surface area (Å²) in [7, 11) is 1.32. The first-order valence-electron chi connectivity index (χ1n) is 11.0. The summed E-state index contributed by atoms with van der Waals surface area (Å²) in [5.74, 6) is 5.19. The van der Waals surface area contributed by atoms with Crippen molar-refractivity contribution < 1.29 is 18.7 Å². The third kappa shape index (κ3) is 4.58. The molecule has 0 spiro atoms. The highest BCUT2D eigenvalue weighted by Gasteiger charge is 2.14. The number of hydrogen-bond donors (Lipinski definition) is 1. The fraction of sp³-hybridized carbons (Fsp3) is 0.0714. The van der Waals surface area contributed by atoms with E-state index < -0.39 is 17.4 Å². The van der Waals surface area contributed by atoms with Crippen LogP contribution in [0.2, 0.25) is 0 Å². The van der Waals surface area contributed by atoms with Gasteiger partial charge in [0.2, 0.25) is 11.5 Å². The molecule has 5 rings (SSSR count). The van der Waals surface area contributed by atoms with Crippen molar-refractivity contribution in [3.05, 3.63) is 106 Å². The van der Waals surface area contributed by atoms with Crippen molar-refractivity contribution in [3.63, 3.8) is 0 Å². The van der Waals surface area contributed by atoms with Gasteiger partial charge in [0.05, 0.1) is 19.0 Å². The van der Waals surface area contributed by atoms with E-state index in [0.717, 1.165) is 5.39 Å². The van der Waals surface area contributed by atoms with E-state index in [2.05, 4.69) is 22.1 Å². The number of furan rings is 1. The largest absolute Gasteiger partial charge is 0.465 e. The second kappa shape index (κ2) is 9.60. The molecule has 2 heterocycles. The number of methoxy groups -OCH3 is 1. The highest BCUT2D eigenvalue weighted by atomic mass is 16.5. The van der Waals surface area contributed by atoms with Crippen molar-refractivity contribution in [2.24, 2.45) is 0 Å². The van der Waals surface area contributed by atoms with E-state index in [1.165, 1.54) is 18.0 Å². The Kier molecular flexibility index (Phi) is 6.03. The summed E-state index contributed by atoms with van der Waals surface area (Å²) in [4.78, 5) is 41.5. The number of fused-ring (bicyclic) bond motifs is 3. The smallest absolute Gasteiger partial charge is 0.337 e. The van der Waals surface area contributed by atoms with Crippen LogP contribution in [0.5, 0.6) is 0 Å². The molecule has 0 fully saturated rings. The topological polar surface area (TPSA) is 103 Å². The van der Waals surface area contributed by atoms with Crippen molar-refractivity contribution in [3.8, 4) is 11.8 Å². The minimum Gasteiger partial charge on any atom is -0.465 e. The van der Waals surface area contributed by atoms with Gasteiger partial charge in [-0.3, -0.25) is 14.2 Å². The summed E-state index contributed by atoms with van der Waals surface area (Å²) in [6.45, 7) is -0.227.